The molecule has 0 saturated carbocycles. The summed E-state index contributed by atoms with van der Waals surface area (Å²) in [6.45, 7) is 5.86. The third-order valence-electron chi connectivity index (χ3n) is 3.96. The van der Waals surface area contributed by atoms with Gasteiger partial charge in [0.15, 0.2) is 0 Å². The van der Waals surface area contributed by atoms with Gasteiger partial charge in [-0.1, -0.05) is 43.2 Å². The van der Waals surface area contributed by atoms with Gasteiger partial charge in [0, 0.05) is 12.6 Å². The van der Waals surface area contributed by atoms with Crippen LogP contribution in [0.15, 0.2) is 30.3 Å². The zero-order valence-corrected chi connectivity index (χ0v) is 12.6. The number of benzene rings is 1. The number of carbonyl (C=O) groups is 1. The number of nitrogens with one attached hydrogen (secondary N) is 1. The molecule has 3 heteroatoms. The molecular weight excluding hydrogens is 248 g/mol. The summed E-state index contributed by atoms with van der Waals surface area (Å²) in [5.41, 5.74) is 1.20. The maximum absolute atomic E-state index is 12.8. The minimum atomic E-state index is 0.00334. The van der Waals surface area contributed by atoms with Crippen molar-refractivity contribution >= 4 is 5.91 Å². The molecule has 0 bridgehead atoms. The van der Waals surface area contributed by atoms with E-state index in [0.29, 0.717) is 6.54 Å². The SMILES string of the molecule is CC(C)N(Cc1ccccc1)C(=O)C1CCCCCN1. The van der Waals surface area contributed by atoms with Crippen LogP contribution >= 0.6 is 0 Å². The fraction of sp³-hybridized carbons (Fsp3) is 0.588. The molecule has 0 spiro atoms. The topological polar surface area (TPSA) is 32.3 Å². The lowest BCUT2D eigenvalue weighted by Gasteiger charge is -2.30. The van der Waals surface area contributed by atoms with Gasteiger partial charge in [-0.25, -0.2) is 0 Å². The van der Waals surface area contributed by atoms with Gasteiger partial charge >= 0.3 is 0 Å². The maximum Gasteiger partial charge on any atom is 0.240 e. The molecule has 1 fully saturated rings. The minimum Gasteiger partial charge on any atom is -0.335 e. The molecule has 0 radical (unpaired) electrons. The second kappa shape index (κ2) is 7.44. The molecule has 1 saturated heterocycles. The van der Waals surface area contributed by atoms with E-state index in [1.54, 1.807) is 0 Å². The van der Waals surface area contributed by atoms with Gasteiger partial charge in [-0.15, -0.1) is 0 Å². The van der Waals surface area contributed by atoms with E-state index in [0.717, 1.165) is 19.4 Å². The van der Waals surface area contributed by atoms with Crippen LogP contribution in [0.3, 0.4) is 0 Å². The molecule has 110 valence electrons. The second-order valence-corrected chi connectivity index (χ2v) is 5.90. The summed E-state index contributed by atoms with van der Waals surface area (Å²) in [6, 6.07) is 10.5. The predicted molar refractivity (Wildman–Crippen MR) is 82.4 cm³/mol. The molecule has 3 nitrogen and oxygen atoms in total. The van der Waals surface area contributed by atoms with Crippen molar-refractivity contribution in [2.75, 3.05) is 6.54 Å². The lowest BCUT2D eigenvalue weighted by Crippen LogP contribution is -2.48. The van der Waals surface area contributed by atoms with Gasteiger partial charge in [-0.2, -0.15) is 0 Å². The first-order valence-electron chi connectivity index (χ1n) is 7.76. The first-order valence-corrected chi connectivity index (χ1v) is 7.76. The molecule has 20 heavy (non-hydrogen) atoms. The van der Waals surface area contributed by atoms with E-state index in [4.69, 9.17) is 0 Å². The van der Waals surface area contributed by atoms with Crippen molar-refractivity contribution in [2.24, 2.45) is 0 Å². The molecule has 0 aromatic heterocycles. The predicted octanol–water partition coefficient (Wildman–Crippen LogP) is 2.96. The Labute approximate surface area is 122 Å². The molecule has 1 N–H and O–H groups in total. The van der Waals surface area contributed by atoms with Gasteiger partial charge in [0.25, 0.3) is 0 Å². The van der Waals surface area contributed by atoms with Gasteiger partial charge < -0.3 is 10.2 Å². The number of hydrogen-bond donors (Lipinski definition) is 1. The fourth-order valence-electron chi connectivity index (χ4n) is 2.73. The lowest BCUT2D eigenvalue weighted by molar-refractivity contribution is -0.136. The van der Waals surface area contributed by atoms with Crippen LogP contribution in [-0.4, -0.2) is 29.4 Å². The van der Waals surface area contributed by atoms with E-state index < -0.39 is 0 Å². The van der Waals surface area contributed by atoms with Crippen LogP contribution in [0.25, 0.3) is 0 Å². The highest BCUT2D eigenvalue weighted by Gasteiger charge is 2.26. The number of carbonyl (C=O) groups excluding carboxylic acids is 1. The average Bonchev–Trinajstić information content (AvgIpc) is 2.74. The minimum absolute atomic E-state index is 0.00334. The van der Waals surface area contributed by atoms with Crippen LogP contribution in [0.4, 0.5) is 0 Å². The molecule has 1 unspecified atom stereocenters. The van der Waals surface area contributed by atoms with Gasteiger partial charge in [0.2, 0.25) is 5.91 Å². The van der Waals surface area contributed by atoms with E-state index in [1.807, 2.05) is 23.1 Å². The molecule has 0 aliphatic carbocycles. The smallest absolute Gasteiger partial charge is 0.240 e. The van der Waals surface area contributed by atoms with E-state index in [1.165, 1.54) is 18.4 Å². The summed E-state index contributed by atoms with van der Waals surface area (Å²) in [6.07, 6.45) is 4.54. The molecule has 1 aromatic rings. The van der Waals surface area contributed by atoms with Gasteiger partial charge in [-0.05, 0) is 38.8 Å². The van der Waals surface area contributed by atoms with Crippen molar-refractivity contribution in [3.05, 3.63) is 35.9 Å². The normalized spacial score (nSPS) is 19.6. The number of rotatable bonds is 4. The molecule has 1 heterocycles. The van der Waals surface area contributed by atoms with Crippen LogP contribution in [0.2, 0.25) is 0 Å². The maximum atomic E-state index is 12.8. The average molecular weight is 274 g/mol. The first kappa shape index (κ1) is 15.0. The highest BCUT2D eigenvalue weighted by Crippen LogP contribution is 2.15. The highest BCUT2D eigenvalue weighted by molar-refractivity contribution is 5.82. The molecule has 1 aliphatic heterocycles. The second-order valence-electron chi connectivity index (χ2n) is 5.90. The van der Waals surface area contributed by atoms with Gasteiger partial charge in [0.1, 0.15) is 0 Å². The lowest BCUT2D eigenvalue weighted by atomic mass is 10.1. The van der Waals surface area contributed by atoms with E-state index >= 15 is 0 Å². The third kappa shape index (κ3) is 4.07. The Morgan fingerprint density at radius 1 is 1.25 bits per heavy atom. The Bertz CT molecular complexity index is 408. The van der Waals surface area contributed by atoms with Crippen LogP contribution < -0.4 is 5.32 Å². The van der Waals surface area contributed by atoms with Crippen molar-refractivity contribution in [1.82, 2.24) is 10.2 Å². The van der Waals surface area contributed by atoms with Crippen molar-refractivity contribution in [2.45, 2.75) is 58.2 Å². The first-order chi connectivity index (χ1) is 9.68. The number of nitrogens with zero attached hydrogens (tertiary/aromatic N) is 1. The molecular formula is C17H26N2O. The summed E-state index contributed by atoms with van der Waals surface area (Å²) in [5.74, 6) is 0.255. The Balaban J connectivity index is 2.05. The molecule has 1 aliphatic rings. The molecule has 1 aromatic carbocycles. The van der Waals surface area contributed by atoms with Crippen molar-refractivity contribution in [1.29, 1.82) is 0 Å². The Morgan fingerprint density at radius 2 is 2.00 bits per heavy atom. The third-order valence-corrected chi connectivity index (χ3v) is 3.96. The largest absolute Gasteiger partial charge is 0.335 e. The van der Waals surface area contributed by atoms with Gasteiger partial charge in [-0.3, -0.25) is 4.79 Å². The van der Waals surface area contributed by atoms with Crippen molar-refractivity contribution < 1.29 is 4.79 Å². The molecule has 1 amide bonds. The van der Waals surface area contributed by atoms with Crippen molar-refractivity contribution in [3.63, 3.8) is 0 Å². The van der Waals surface area contributed by atoms with Crippen LogP contribution in [0, 0.1) is 0 Å². The summed E-state index contributed by atoms with van der Waals surface area (Å²) in [5, 5.41) is 3.41. The zero-order valence-electron chi connectivity index (χ0n) is 12.6. The fourth-order valence-corrected chi connectivity index (χ4v) is 2.73. The van der Waals surface area contributed by atoms with Crippen LogP contribution in [0.5, 0.6) is 0 Å². The Kier molecular flexibility index (Phi) is 5.60. The van der Waals surface area contributed by atoms with Gasteiger partial charge in [0.05, 0.1) is 6.04 Å². The summed E-state index contributed by atoms with van der Waals surface area (Å²) >= 11 is 0. The highest BCUT2D eigenvalue weighted by atomic mass is 16.2. The number of hydrogen-bond acceptors (Lipinski definition) is 2. The summed E-state index contributed by atoms with van der Waals surface area (Å²) in [4.78, 5) is 14.8. The monoisotopic (exact) mass is 274 g/mol. The molecule has 1 atom stereocenters. The van der Waals surface area contributed by atoms with Crippen molar-refractivity contribution in [3.8, 4) is 0 Å². The molecule has 2 rings (SSSR count). The standard InChI is InChI=1S/C17H26N2O/c1-14(2)19(13-15-9-5-3-6-10-15)17(20)16-11-7-4-8-12-18-16/h3,5-6,9-10,14,16,18H,4,7-8,11-13H2,1-2H3. The quantitative estimate of drug-likeness (QED) is 0.915. The Hall–Kier alpha value is -1.35. The number of amides is 1. The van der Waals surface area contributed by atoms with E-state index in [-0.39, 0.29) is 18.0 Å². The summed E-state index contributed by atoms with van der Waals surface area (Å²) < 4.78 is 0. The van der Waals surface area contributed by atoms with E-state index in [2.05, 4.69) is 31.3 Å². The van der Waals surface area contributed by atoms with Crippen LogP contribution in [-0.2, 0) is 11.3 Å². The van der Waals surface area contributed by atoms with Crippen LogP contribution in [0.1, 0.15) is 45.1 Å². The summed E-state index contributed by atoms with van der Waals surface area (Å²) in [7, 11) is 0. The van der Waals surface area contributed by atoms with E-state index in [9.17, 15) is 4.79 Å². The Morgan fingerprint density at radius 3 is 2.70 bits per heavy atom. The zero-order chi connectivity index (χ0) is 14.4.